The maximum atomic E-state index is 13.6. The van der Waals surface area contributed by atoms with E-state index in [1.165, 1.54) is 21.8 Å². The Balaban J connectivity index is 1.92. The zero-order valence-corrected chi connectivity index (χ0v) is 20.4. The van der Waals surface area contributed by atoms with Gasteiger partial charge in [0.05, 0.1) is 28.2 Å². The topological polar surface area (TPSA) is 121 Å². The zero-order valence-electron chi connectivity index (χ0n) is 18.0. The van der Waals surface area contributed by atoms with E-state index in [4.69, 9.17) is 5.73 Å². The van der Waals surface area contributed by atoms with Crippen LogP contribution in [0.5, 0.6) is 0 Å². The van der Waals surface area contributed by atoms with Crippen molar-refractivity contribution < 1.29 is 22.8 Å². The summed E-state index contributed by atoms with van der Waals surface area (Å²) in [4.78, 5) is 28.6. The second kappa shape index (κ2) is 8.51. The number of carbonyl (C=O) groups is 2. The van der Waals surface area contributed by atoms with Gasteiger partial charge in [-0.05, 0) is 41.4 Å². The number of primary amides is 1. The van der Waals surface area contributed by atoms with Crippen molar-refractivity contribution in [2.75, 3.05) is 5.32 Å². The normalized spacial score (nSPS) is 11.9. The fourth-order valence-corrected chi connectivity index (χ4v) is 4.71. The second-order valence-corrected chi connectivity index (χ2v) is 9.31. The monoisotopic (exact) mass is 555 g/mol. The average Bonchev–Trinajstić information content (AvgIpc) is 3.39. The van der Waals surface area contributed by atoms with E-state index in [9.17, 15) is 22.8 Å². The third kappa shape index (κ3) is 4.18. The molecule has 0 aliphatic heterocycles. The van der Waals surface area contributed by atoms with Crippen LogP contribution in [0, 0.1) is 13.8 Å². The lowest BCUT2D eigenvalue weighted by Crippen LogP contribution is -2.22. The van der Waals surface area contributed by atoms with Crippen molar-refractivity contribution in [2.45, 2.75) is 26.6 Å². The maximum Gasteiger partial charge on any atom is 0.433 e. The Morgan fingerprint density at radius 1 is 1.18 bits per heavy atom. The van der Waals surface area contributed by atoms with Gasteiger partial charge in [0, 0.05) is 23.7 Å². The first kappa shape index (κ1) is 23.9. The third-order valence-corrected chi connectivity index (χ3v) is 7.18. The molecule has 0 saturated heterocycles. The van der Waals surface area contributed by atoms with Crippen LogP contribution in [0.3, 0.4) is 0 Å². The second-order valence-electron chi connectivity index (χ2n) is 7.45. The summed E-state index contributed by atoms with van der Waals surface area (Å²) < 4.78 is 44.5. The molecule has 0 aromatic carbocycles. The van der Waals surface area contributed by atoms with Crippen LogP contribution in [0.15, 0.2) is 22.9 Å². The van der Waals surface area contributed by atoms with Gasteiger partial charge in [0.25, 0.3) is 5.91 Å². The Hall–Kier alpha value is -3.26. The highest BCUT2D eigenvalue weighted by Gasteiger charge is 2.35. The number of hydrogen-bond donors (Lipinski definition) is 2. The number of halogens is 4. The van der Waals surface area contributed by atoms with E-state index >= 15 is 0 Å². The van der Waals surface area contributed by atoms with Crippen molar-refractivity contribution in [1.82, 2.24) is 24.5 Å². The van der Waals surface area contributed by atoms with E-state index in [1.54, 1.807) is 20.9 Å². The molecule has 0 bridgehead atoms. The predicted octanol–water partition coefficient (Wildman–Crippen LogP) is 4.03. The van der Waals surface area contributed by atoms with Crippen LogP contribution in [0.25, 0.3) is 21.3 Å². The minimum absolute atomic E-state index is 0.000789. The molecule has 2 amide bonds. The molecule has 178 valence electrons. The van der Waals surface area contributed by atoms with Crippen LogP contribution in [-0.2, 0) is 24.6 Å². The molecule has 0 aliphatic rings. The highest BCUT2D eigenvalue weighted by molar-refractivity contribution is 9.10. The van der Waals surface area contributed by atoms with Gasteiger partial charge in [0.1, 0.15) is 21.9 Å². The Bertz CT molecular complexity index is 1450. The lowest BCUT2D eigenvalue weighted by atomic mass is 10.0. The van der Waals surface area contributed by atoms with Gasteiger partial charge in [0.15, 0.2) is 0 Å². The van der Waals surface area contributed by atoms with Crippen molar-refractivity contribution in [1.29, 1.82) is 0 Å². The summed E-state index contributed by atoms with van der Waals surface area (Å²) in [6.07, 6.45) is -1.78. The fourth-order valence-electron chi connectivity index (χ4n) is 3.41. The fraction of sp³-hybridized carbons (Fsp3) is 0.250. The first-order valence-corrected chi connectivity index (χ1v) is 11.3. The maximum absolute atomic E-state index is 13.6. The Morgan fingerprint density at radius 2 is 1.88 bits per heavy atom. The van der Waals surface area contributed by atoms with E-state index in [-0.39, 0.29) is 32.9 Å². The molecule has 34 heavy (non-hydrogen) atoms. The van der Waals surface area contributed by atoms with Gasteiger partial charge < -0.3 is 11.1 Å². The van der Waals surface area contributed by atoms with E-state index in [0.717, 1.165) is 6.07 Å². The molecule has 4 rings (SSSR count). The number of nitrogens with two attached hydrogens (primary N) is 1. The molecule has 4 aromatic rings. The summed E-state index contributed by atoms with van der Waals surface area (Å²) in [5, 5.41) is 11.0. The minimum atomic E-state index is -4.73. The Labute approximate surface area is 202 Å². The number of thiophene rings is 1. The highest BCUT2D eigenvalue weighted by Crippen LogP contribution is 2.44. The van der Waals surface area contributed by atoms with Crippen molar-refractivity contribution in [3.63, 3.8) is 0 Å². The molecule has 0 fully saturated rings. The zero-order chi connectivity index (χ0) is 24.9. The summed E-state index contributed by atoms with van der Waals surface area (Å²) in [6.45, 7) is 3.26. The molecular formula is C20H17BrF3N7O2S. The smallest absolute Gasteiger partial charge is 0.365 e. The third-order valence-electron chi connectivity index (χ3n) is 5.30. The van der Waals surface area contributed by atoms with Crippen molar-refractivity contribution in [3.8, 4) is 11.1 Å². The van der Waals surface area contributed by atoms with Crippen molar-refractivity contribution in [3.05, 3.63) is 44.9 Å². The molecule has 0 aliphatic carbocycles. The number of anilines is 1. The van der Waals surface area contributed by atoms with Crippen molar-refractivity contribution >= 4 is 55.0 Å². The van der Waals surface area contributed by atoms with Gasteiger partial charge in [-0.3, -0.25) is 19.0 Å². The first-order valence-electron chi connectivity index (χ1n) is 9.69. The van der Waals surface area contributed by atoms with Crippen LogP contribution in [0.2, 0.25) is 0 Å². The number of nitrogens with zero attached hydrogens (tertiary/aromatic N) is 5. The largest absolute Gasteiger partial charge is 0.433 e. The van der Waals surface area contributed by atoms with Crippen LogP contribution < -0.4 is 11.1 Å². The summed E-state index contributed by atoms with van der Waals surface area (Å²) >= 11 is 4.00. The van der Waals surface area contributed by atoms with Crippen LogP contribution in [0.4, 0.5) is 18.9 Å². The quantitative estimate of drug-likeness (QED) is 0.385. The van der Waals surface area contributed by atoms with E-state index in [2.05, 4.69) is 36.4 Å². The molecule has 0 saturated carbocycles. The van der Waals surface area contributed by atoms with E-state index < -0.39 is 23.7 Å². The van der Waals surface area contributed by atoms with Gasteiger partial charge in [-0.1, -0.05) is 0 Å². The van der Waals surface area contributed by atoms with Gasteiger partial charge >= 0.3 is 6.18 Å². The number of nitrogens with one attached hydrogen (secondary N) is 1. The molecule has 14 heteroatoms. The van der Waals surface area contributed by atoms with E-state index in [0.29, 0.717) is 32.8 Å². The summed E-state index contributed by atoms with van der Waals surface area (Å²) in [5.74, 6) is -1.45. The number of alkyl halides is 3. The summed E-state index contributed by atoms with van der Waals surface area (Å²) in [7, 11) is 1.65. The molecule has 4 heterocycles. The minimum Gasteiger partial charge on any atom is -0.365 e. The first-order chi connectivity index (χ1) is 15.9. The summed E-state index contributed by atoms with van der Waals surface area (Å²) in [5.41, 5.74) is 6.18. The lowest BCUT2D eigenvalue weighted by Gasteiger charge is -2.12. The standard InChI is InChI=1S/C20H17BrF3N7O2S/c1-8-11(5-26-30(8)3)10-4-13(20(22,23)24)28-19-15(10)16(17(34-19)18(25)33)29-14(32)7-31-9(2)12(21)6-27-31/h4-6H,7H2,1-3H3,(H2,25,33)(H,29,32). The Kier molecular flexibility index (Phi) is 5.97. The number of hydrogen-bond acceptors (Lipinski definition) is 6. The van der Waals surface area contributed by atoms with Gasteiger partial charge in [-0.25, -0.2) is 4.98 Å². The van der Waals surface area contributed by atoms with Gasteiger partial charge in [-0.15, -0.1) is 11.3 Å². The molecule has 4 aromatic heterocycles. The summed E-state index contributed by atoms with van der Waals surface area (Å²) in [6, 6.07) is 0.883. The molecule has 3 N–H and O–H groups in total. The average molecular weight is 556 g/mol. The number of amides is 2. The van der Waals surface area contributed by atoms with Crippen LogP contribution in [0.1, 0.15) is 26.8 Å². The number of aromatic nitrogens is 5. The SMILES string of the molecule is Cc1c(-c2cc(C(F)(F)F)nc3sc(C(N)=O)c(NC(=O)Cn4ncc(Br)c4C)c23)cnn1C. The van der Waals surface area contributed by atoms with E-state index in [1.807, 2.05) is 0 Å². The van der Waals surface area contributed by atoms with Gasteiger partial charge in [0.2, 0.25) is 5.91 Å². The number of rotatable bonds is 5. The number of pyridine rings is 1. The van der Waals surface area contributed by atoms with Crippen molar-refractivity contribution in [2.24, 2.45) is 12.8 Å². The lowest BCUT2D eigenvalue weighted by molar-refractivity contribution is -0.140. The highest BCUT2D eigenvalue weighted by atomic mass is 79.9. The number of carbonyl (C=O) groups excluding carboxylic acids is 2. The molecule has 0 spiro atoms. The van der Waals surface area contributed by atoms with Crippen LogP contribution >= 0.6 is 27.3 Å². The molecule has 0 radical (unpaired) electrons. The van der Waals surface area contributed by atoms with Crippen LogP contribution in [-0.4, -0.2) is 36.4 Å². The molecule has 9 nitrogen and oxygen atoms in total. The Morgan fingerprint density at radius 3 is 2.41 bits per heavy atom. The predicted molar refractivity (Wildman–Crippen MR) is 123 cm³/mol. The number of aryl methyl sites for hydroxylation is 1. The number of fused-ring (bicyclic) bond motifs is 1. The van der Waals surface area contributed by atoms with Gasteiger partial charge in [-0.2, -0.15) is 23.4 Å². The molecule has 0 atom stereocenters. The molecule has 0 unspecified atom stereocenters. The molecular weight excluding hydrogens is 539 g/mol.